The zero-order chi connectivity index (χ0) is 9.72. The molecule has 0 aliphatic rings. The van der Waals surface area contributed by atoms with Crippen LogP contribution in [0, 0.1) is 0 Å². The van der Waals surface area contributed by atoms with Gasteiger partial charge < -0.3 is 30.3 Å². The minimum absolute atomic E-state index is 0. The summed E-state index contributed by atoms with van der Waals surface area (Å²) >= 11 is 0. The van der Waals surface area contributed by atoms with Crippen molar-refractivity contribution in [3.8, 4) is 0 Å². The molecule has 0 aliphatic carbocycles. The molecule has 0 spiro atoms. The summed E-state index contributed by atoms with van der Waals surface area (Å²) in [6.07, 6.45) is -6.84. The number of aldehydes is 1. The fourth-order valence-electron chi connectivity index (χ4n) is 0.618. The Morgan fingerprint density at radius 1 is 1.08 bits per heavy atom. The van der Waals surface area contributed by atoms with E-state index in [-0.39, 0.29) is 44.0 Å². The first kappa shape index (κ1) is 16.2. The summed E-state index contributed by atoms with van der Waals surface area (Å²) < 4.78 is 0. The number of hydrogen-bond acceptors (Lipinski definition) is 6. The number of aliphatic hydroxyl groups excluding tert-OH is 5. The van der Waals surface area contributed by atoms with Crippen molar-refractivity contribution in [2.45, 2.75) is 24.4 Å². The van der Waals surface area contributed by atoms with Crippen LogP contribution in [-0.4, -0.2) is 101 Å². The van der Waals surface area contributed by atoms with Gasteiger partial charge in [0, 0.05) is 0 Å². The van der Waals surface area contributed by atoms with Crippen LogP contribution in [0.3, 0.4) is 0 Å². The monoisotopic (exact) mass is 222 g/mol. The molecule has 0 saturated carbocycles. The van der Waals surface area contributed by atoms with Gasteiger partial charge >= 0.3 is 37.7 Å². The van der Waals surface area contributed by atoms with Gasteiger partial charge in [0.05, 0.1) is 6.61 Å². The summed E-state index contributed by atoms with van der Waals surface area (Å²) in [6.45, 7) is -0.760. The van der Waals surface area contributed by atoms with Gasteiger partial charge in [0.25, 0.3) is 0 Å². The van der Waals surface area contributed by atoms with Crippen LogP contribution >= 0.6 is 0 Å². The first-order valence-electron chi connectivity index (χ1n) is 3.33. The third-order valence-electron chi connectivity index (χ3n) is 1.42. The van der Waals surface area contributed by atoms with Crippen LogP contribution in [0.5, 0.6) is 0 Å². The Bertz CT molecular complexity index is 143. The SMILES string of the molecule is O=CC(O)C(O)C(O)C(O)CO.[CaH2]. The van der Waals surface area contributed by atoms with Crippen LogP contribution in [0.15, 0.2) is 0 Å². The average molecular weight is 222 g/mol. The number of carbonyl (C=O) groups is 1. The fourth-order valence-corrected chi connectivity index (χ4v) is 0.618. The maximum absolute atomic E-state index is 9.90. The summed E-state index contributed by atoms with van der Waals surface area (Å²) in [5.74, 6) is 0. The van der Waals surface area contributed by atoms with E-state index in [1.54, 1.807) is 0 Å². The van der Waals surface area contributed by atoms with E-state index in [1.807, 2.05) is 0 Å². The summed E-state index contributed by atoms with van der Waals surface area (Å²) in [5, 5.41) is 43.5. The molecule has 5 N–H and O–H groups in total. The molecule has 7 heteroatoms. The van der Waals surface area contributed by atoms with Crippen molar-refractivity contribution in [1.82, 2.24) is 0 Å². The molecule has 13 heavy (non-hydrogen) atoms. The van der Waals surface area contributed by atoms with E-state index in [9.17, 15) is 4.79 Å². The van der Waals surface area contributed by atoms with Gasteiger partial charge in [0.2, 0.25) is 0 Å². The van der Waals surface area contributed by atoms with Gasteiger partial charge in [-0.3, -0.25) is 0 Å². The third-order valence-corrected chi connectivity index (χ3v) is 1.42. The quantitative estimate of drug-likeness (QED) is 0.237. The number of hydrogen-bond donors (Lipinski definition) is 5. The molecule has 0 radical (unpaired) electrons. The van der Waals surface area contributed by atoms with E-state index < -0.39 is 31.0 Å². The van der Waals surface area contributed by atoms with E-state index in [2.05, 4.69) is 0 Å². The second-order valence-corrected chi connectivity index (χ2v) is 2.36. The van der Waals surface area contributed by atoms with Gasteiger partial charge in [-0.25, -0.2) is 0 Å². The van der Waals surface area contributed by atoms with Crippen LogP contribution in [0.25, 0.3) is 0 Å². The van der Waals surface area contributed by atoms with Crippen molar-refractivity contribution < 1.29 is 30.3 Å². The summed E-state index contributed by atoms with van der Waals surface area (Å²) in [6, 6.07) is 0. The molecule has 0 amide bonds. The van der Waals surface area contributed by atoms with E-state index in [4.69, 9.17) is 25.5 Å². The van der Waals surface area contributed by atoms with Crippen molar-refractivity contribution >= 4 is 44.0 Å². The summed E-state index contributed by atoms with van der Waals surface area (Å²) in [5.41, 5.74) is 0. The van der Waals surface area contributed by atoms with Crippen LogP contribution in [0.1, 0.15) is 0 Å². The van der Waals surface area contributed by atoms with Gasteiger partial charge in [-0.15, -0.1) is 0 Å². The van der Waals surface area contributed by atoms with Crippen LogP contribution in [0.2, 0.25) is 0 Å². The molecule has 0 heterocycles. The van der Waals surface area contributed by atoms with E-state index >= 15 is 0 Å². The zero-order valence-electron chi connectivity index (χ0n) is 6.24. The Labute approximate surface area is 105 Å². The van der Waals surface area contributed by atoms with E-state index in [1.165, 1.54) is 0 Å². The molecule has 0 fully saturated rings. The van der Waals surface area contributed by atoms with Crippen molar-refractivity contribution in [2.75, 3.05) is 6.61 Å². The molecule has 0 aromatic carbocycles. The Kier molecular flexibility index (Phi) is 10.0. The number of rotatable bonds is 5. The van der Waals surface area contributed by atoms with Crippen molar-refractivity contribution in [2.24, 2.45) is 0 Å². The fraction of sp³-hybridized carbons (Fsp3) is 0.833. The molecular formula is C6H14CaO6. The van der Waals surface area contributed by atoms with Gasteiger partial charge in [0.1, 0.15) is 24.4 Å². The molecule has 6 nitrogen and oxygen atoms in total. The second kappa shape index (κ2) is 8.07. The topological polar surface area (TPSA) is 118 Å². The zero-order valence-corrected chi connectivity index (χ0v) is 6.24. The Balaban J connectivity index is 0. The predicted molar refractivity (Wildman–Crippen MR) is 45.7 cm³/mol. The molecule has 0 aliphatic heterocycles. The molecule has 76 valence electrons. The van der Waals surface area contributed by atoms with Crippen LogP contribution in [0.4, 0.5) is 0 Å². The molecule has 0 rings (SSSR count). The molecule has 0 bridgehead atoms. The van der Waals surface area contributed by atoms with Gasteiger partial charge in [-0.1, -0.05) is 0 Å². The van der Waals surface area contributed by atoms with Crippen molar-refractivity contribution in [1.29, 1.82) is 0 Å². The number of carbonyl (C=O) groups excluding carboxylic acids is 1. The van der Waals surface area contributed by atoms with Crippen LogP contribution in [-0.2, 0) is 4.79 Å². The first-order valence-corrected chi connectivity index (χ1v) is 3.33. The molecule has 4 atom stereocenters. The normalized spacial score (nSPS) is 19.5. The third kappa shape index (κ3) is 5.24. The molecular weight excluding hydrogens is 208 g/mol. The van der Waals surface area contributed by atoms with E-state index in [0.29, 0.717) is 0 Å². The summed E-state index contributed by atoms with van der Waals surface area (Å²) in [7, 11) is 0. The van der Waals surface area contributed by atoms with Gasteiger partial charge in [-0.05, 0) is 0 Å². The van der Waals surface area contributed by atoms with Crippen LogP contribution < -0.4 is 0 Å². The maximum atomic E-state index is 9.90. The van der Waals surface area contributed by atoms with Crippen molar-refractivity contribution in [3.63, 3.8) is 0 Å². The predicted octanol–water partition coefficient (Wildman–Crippen LogP) is -4.29. The Hall–Kier alpha value is 0.730. The number of aliphatic hydroxyl groups is 5. The van der Waals surface area contributed by atoms with Gasteiger partial charge in [0.15, 0.2) is 6.29 Å². The standard InChI is InChI=1S/C6H12O6.Ca.2H/c7-1-3(9)5(11)6(12)4(10)2-8;;;/h1,3-6,8-12H,2H2;;;. The second-order valence-electron chi connectivity index (χ2n) is 2.36. The molecule has 0 aromatic rings. The first-order chi connectivity index (χ1) is 5.54. The molecule has 0 aromatic heterocycles. The van der Waals surface area contributed by atoms with Gasteiger partial charge in [-0.2, -0.15) is 0 Å². The molecule has 4 unspecified atom stereocenters. The van der Waals surface area contributed by atoms with Crippen molar-refractivity contribution in [3.05, 3.63) is 0 Å². The average Bonchev–Trinajstić information content (AvgIpc) is 2.12. The minimum atomic E-state index is -1.79. The Morgan fingerprint density at radius 2 is 1.54 bits per heavy atom. The molecule has 0 saturated heterocycles. The van der Waals surface area contributed by atoms with E-state index in [0.717, 1.165) is 0 Å². The Morgan fingerprint density at radius 3 is 1.85 bits per heavy atom. The summed E-state index contributed by atoms with van der Waals surface area (Å²) in [4.78, 5) is 9.90.